The van der Waals surface area contributed by atoms with Crippen LogP contribution in [0.25, 0.3) is 0 Å². The Bertz CT molecular complexity index is 231. The van der Waals surface area contributed by atoms with Gasteiger partial charge >= 0.3 is 5.97 Å². The van der Waals surface area contributed by atoms with Gasteiger partial charge in [0.15, 0.2) is 0 Å². The Labute approximate surface area is 85.5 Å². The van der Waals surface area contributed by atoms with Crippen molar-refractivity contribution in [2.24, 2.45) is 0 Å². The first-order valence-electron chi connectivity index (χ1n) is 4.49. The van der Waals surface area contributed by atoms with Crippen molar-refractivity contribution < 1.29 is 35.1 Å². The average Bonchev–Trinajstić information content (AvgIpc) is 2.13. The van der Waals surface area contributed by atoms with E-state index in [1.807, 2.05) is 0 Å². The van der Waals surface area contributed by atoms with E-state index in [2.05, 4.69) is 0 Å². The van der Waals surface area contributed by atoms with Crippen LogP contribution in [-0.2, 0) is 9.53 Å². The lowest BCUT2D eigenvalue weighted by atomic mass is 9.95. The van der Waals surface area contributed by atoms with Crippen molar-refractivity contribution in [3.63, 3.8) is 0 Å². The molecule has 0 bridgehead atoms. The minimum absolute atomic E-state index is 0.250. The number of hydrogen-bond donors (Lipinski definition) is 5. The fraction of sp³-hybridized carbons (Fsp3) is 0.875. The summed E-state index contributed by atoms with van der Waals surface area (Å²) in [6, 6.07) is 0. The van der Waals surface area contributed by atoms with Crippen LogP contribution in [0, 0.1) is 0 Å². The highest BCUT2D eigenvalue weighted by Crippen LogP contribution is 2.19. The fourth-order valence-corrected chi connectivity index (χ4v) is 1.46. The Morgan fingerprint density at radius 2 is 1.93 bits per heavy atom. The van der Waals surface area contributed by atoms with Crippen molar-refractivity contribution in [2.45, 2.75) is 36.9 Å². The van der Waals surface area contributed by atoms with Crippen LogP contribution >= 0.6 is 0 Å². The van der Waals surface area contributed by atoms with Gasteiger partial charge in [0.2, 0.25) is 0 Å². The number of rotatable bonds is 3. The van der Waals surface area contributed by atoms with Crippen LogP contribution in [0.3, 0.4) is 0 Å². The van der Waals surface area contributed by atoms with Crippen LogP contribution in [-0.4, -0.2) is 68.6 Å². The second-order valence-corrected chi connectivity index (χ2v) is 3.51. The molecule has 1 unspecified atom stereocenters. The Morgan fingerprint density at radius 1 is 1.33 bits per heavy atom. The molecule has 1 heterocycles. The number of ether oxygens (including phenoxy) is 1. The van der Waals surface area contributed by atoms with Gasteiger partial charge in [-0.1, -0.05) is 0 Å². The number of hydrogen-bond acceptors (Lipinski definition) is 6. The summed E-state index contributed by atoms with van der Waals surface area (Å²) >= 11 is 0. The summed E-state index contributed by atoms with van der Waals surface area (Å²) in [6.07, 6.45) is -7.37. The monoisotopic (exact) mass is 222 g/mol. The van der Waals surface area contributed by atoms with Crippen LogP contribution in [0.1, 0.15) is 6.42 Å². The minimum Gasteiger partial charge on any atom is -0.481 e. The Kier molecular flexibility index (Phi) is 4.00. The Balaban J connectivity index is 2.58. The van der Waals surface area contributed by atoms with E-state index in [4.69, 9.17) is 14.9 Å². The molecule has 1 saturated heterocycles. The van der Waals surface area contributed by atoms with Crippen LogP contribution in [0.4, 0.5) is 0 Å². The topological polar surface area (TPSA) is 127 Å². The third-order valence-electron chi connectivity index (χ3n) is 2.30. The van der Waals surface area contributed by atoms with Crippen molar-refractivity contribution in [1.29, 1.82) is 0 Å². The summed E-state index contributed by atoms with van der Waals surface area (Å²) in [6.45, 7) is -0.250. The van der Waals surface area contributed by atoms with Gasteiger partial charge in [-0.2, -0.15) is 0 Å². The molecule has 5 N–H and O–H groups in total. The minimum atomic E-state index is -1.50. The third-order valence-corrected chi connectivity index (χ3v) is 2.30. The maximum absolute atomic E-state index is 10.3. The molecule has 88 valence electrons. The highest BCUT2D eigenvalue weighted by molar-refractivity contribution is 5.67. The molecule has 1 aliphatic rings. The Morgan fingerprint density at radius 3 is 2.47 bits per heavy atom. The summed E-state index contributed by atoms with van der Waals surface area (Å²) in [7, 11) is 0. The SMILES string of the molecule is O=C(O)CC(O)[C@H]1OC[C@H](O)[C@@H](O)[C@@H]1O. The largest absolute Gasteiger partial charge is 0.481 e. The van der Waals surface area contributed by atoms with Crippen molar-refractivity contribution >= 4 is 5.97 Å². The highest BCUT2D eigenvalue weighted by Gasteiger charge is 2.41. The first kappa shape index (κ1) is 12.3. The third kappa shape index (κ3) is 2.86. The van der Waals surface area contributed by atoms with Gasteiger partial charge in [0.05, 0.1) is 19.1 Å². The summed E-state index contributed by atoms with van der Waals surface area (Å²) in [5.41, 5.74) is 0. The molecule has 0 saturated carbocycles. The van der Waals surface area contributed by atoms with Crippen LogP contribution in [0.5, 0.6) is 0 Å². The van der Waals surface area contributed by atoms with Gasteiger partial charge in [-0.15, -0.1) is 0 Å². The van der Waals surface area contributed by atoms with Gasteiger partial charge in [-0.25, -0.2) is 0 Å². The molecule has 0 aromatic heterocycles. The number of aliphatic carboxylic acids is 1. The summed E-state index contributed by atoms with van der Waals surface area (Å²) in [4.78, 5) is 10.3. The number of carbonyl (C=O) groups is 1. The van der Waals surface area contributed by atoms with Crippen molar-refractivity contribution in [3.8, 4) is 0 Å². The van der Waals surface area contributed by atoms with E-state index in [9.17, 15) is 20.1 Å². The van der Waals surface area contributed by atoms with E-state index in [-0.39, 0.29) is 6.61 Å². The lowest BCUT2D eigenvalue weighted by molar-refractivity contribution is -0.212. The molecule has 0 spiro atoms. The van der Waals surface area contributed by atoms with Gasteiger partial charge < -0.3 is 30.3 Å². The van der Waals surface area contributed by atoms with Crippen molar-refractivity contribution in [3.05, 3.63) is 0 Å². The maximum atomic E-state index is 10.3. The molecule has 1 rings (SSSR count). The molecule has 1 fully saturated rings. The smallest absolute Gasteiger partial charge is 0.306 e. The molecular formula is C8H14O7. The van der Waals surface area contributed by atoms with E-state index in [1.165, 1.54) is 0 Å². The van der Waals surface area contributed by atoms with Crippen molar-refractivity contribution in [1.82, 2.24) is 0 Å². The van der Waals surface area contributed by atoms with E-state index in [0.29, 0.717) is 0 Å². The van der Waals surface area contributed by atoms with Crippen LogP contribution in [0.2, 0.25) is 0 Å². The molecule has 5 atom stereocenters. The molecule has 7 nitrogen and oxygen atoms in total. The molecule has 0 aliphatic carbocycles. The molecule has 0 amide bonds. The second-order valence-electron chi connectivity index (χ2n) is 3.51. The first-order valence-corrected chi connectivity index (χ1v) is 4.49. The average molecular weight is 222 g/mol. The van der Waals surface area contributed by atoms with Gasteiger partial charge in [0.1, 0.15) is 24.4 Å². The predicted octanol–water partition coefficient (Wildman–Crippen LogP) is -2.70. The number of aliphatic hydroxyl groups excluding tert-OH is 4. The standard InChI is InChI=1S/C8H14O7/c9-3(1-5(11)12)8-7(14)6(13)4(10)2-15-8/h3-4,6-10,13-14H,1-2H2,(H,11,12)/t3?,4-,6+,7-,8+/m0/s1. The van der Waals surface area contributed by atoms with Crippen LogP contribution < -0.4 is 0 Å². The molecular weight excluding hydrogens is 208 g/mol. The lowest BCUT2D eigenvalue weighted by Crippen LogP contribution is -2.56. The number of carboxylic acid groups (broad SMARTS) is 1. The number of aliphatic hydroxyl groups is 4. The second kappa shape index (κ2) is 4.86. The quantitative estimate of drug-likeness (QED) is 0.351. The van der Waals surface area contributed by atoms with Crippen molar-refractivity contribution in [2.75, 3.05) is 6.61 Å². The number of carboxylic acids is 1. The van der Waals surface area contributed by atoms with E-state index in [1.54, 1.807) is 0 Å². The van der Waals surface area contributed by atoms with E-state index < -0.39 is 42.9 Å². The van der Waals surface area contributed by atoms with Gasteiger partial charge in [0, 0.05) is 0 Å². The first-order chi connectivity index (χ1) is 6.93. The molecule has 0 radical (unpaired) electrons. The van der Waals surface area contributed by atoms with Gasteiger partial charge in [0.25, 0.3) is 0 Å². The fourth-order valence-electron chi connectivity index (χ4n) is 1.46. The summed E-state index contributed by atoms with van der Waals surface area (Å²) < 4.78 is 4.86. The maximum Gasteiger partial charge on any atom is 0.306 e. The van der Waals surface area contributed by atoms with Crippen LogP contribution in [0.15, 0.2) is 0 Å². The molecule has 0 aromatic carbocycles. The van der Waals surface area contributed by atoms with Gasteiger partial charge in [-0.3, -0.25) is 4.79 Å². The predicted molar refractivity (Wildman–Crippen MR) is 46.0 cm³/mol. The molecule has 1 aliphatic heterocycles. The zero-order chi connectivity index (χ0) is 11.6. The zero-order valence-corrected chi connectivity index (χ0v) is 7.85. The summed E-state index contributed by atoms with van der Waals surface area (Å²) in [5, 5.41) is 45.5. The zero-order valence-electron chi connectivity index (χ0n) is 7.85. The molecule has 0 aromatic rings. The molecule has 7 heteroatoms. The van der Waals surface area contributed by atoms with E-state index >= 15 is 0 Å². The highest BCUT2D eigenvalue weighted by atomic mass is 16.5. The summed E-state index contributed by atoms with van der Waals surface area (Å²) in [5.74, 6) is -1.24. The van der Waals surface area contributed by atoms with E-state index in [0.717, 1.165) is 0 Å². The lowest BCUT2D eigenvalue weighted by Gasteiger charge is -2.37. The Hall–Kier alpha value is -0.730. The molecule has 15 heavy (non-hydrogen) atoms. The normalized spacial score (nSPS) is 38.7. The van der Waals surface area contributed by atoms with Gasteiger partial charge in [-0.05, 0) is 0 Å².